The summed E-state index contributed by atoms with van der Waals surface area (Å²) in [6, 6.07) is 6.19. The van der Waals surface area contributed by atoms with Crippen molar-refractivity contribution in [2.24, 2.45) is 0 Å². The number of rotatable bonds is 4. The lowest BCUT2D eigenvalue weighted by Crippen LogP contribution is -2.40. The summed E-state index contributed by atoms with van der Waals surface area (Å²) in [5.41, 5.74) is 0.710. The summed E-state index contributed by atoms with van der Waals surface area (Å²) in [5.74, 6) is -0.923. The van der Waals surface area contributed by atoms with Gasteiger partial charge < -0.3 is 15.1 Å². The first kappa shape index (κ1) is 13.4. The minimum atomic E-state index is -0.937. The van der Waals surface area contributed by atoms with Gasteiger partial charge in [-0.15, -0.1) is 0 Å². The highest BCUT2D eigenvalue weighted by atomic mass is 16.4. The van der Waals surface area contributed by atoms with Crippen LogP contribution in [0, 0.1) is 0 Å². The zero-order valence-corrected chi connectivity index (χ0v) is 10.6. The van der Waals surface area contributed by atoms with Crippen molar-refractivity contribution in [1.82, 2.24) is 4.90 Å². The molecule has 102 valence electrons. The van der Waals surface area contributed by atoms with Crippen molar-refractivity contribution >= 4 is 11.9 Å². The molecule has 0 spiro atoms. The molecule has 0 saturated carbocycles. The number of hydrogen-bond donors (Lipinski definition) is 2. The Morgan fingerprint density at radius 1 is 1.32 bits per heavy atom. The number of aryl methyl sites for hydroxylation is 1. The lowest BCUT2D eigenvalue weighted by molar-refractivity contribution is -0.148. The average molecular weight is 263 g/mol. The standard InChI is InChI=1S/C14H17NO4/c16-12-6-2-1-4-10(12)7-8-13(17)15-9-3-5-11(15)14(18)19/h1-2,4,6,11,16H,3,5,7-9H2,(H,18,19). The van der Waals surface area contributed by atoms with E-state index in [0.29, 0.717) is 24.9 Å². The Kier molecular flexibility index (Phi) is 4.04. The molecule has 19 heavy (non-hydrogen) atoms. The van der Waals surface area contributed by atoms with Crippen LogP contribution in [-0.4, -0.2) is 39.6 Å². The number of likely N-dealkylation sites (tertiary alicyclic amines) is 1. The van der Waals surface area contributed by atoms with Crippen LogP contribution in [0.4, 0.5) is 0 Å². The van der Waals surface area contributed by atoms with E-state index in [-0.39, 0.29) is 18.1 Å². The smallest absolute Gasteiger partial charge is 0.326 e. The maximum absolute atomic E-state index is 12.0. The Labute approximate surface area is 111 Å². The van der Waals surface area contributed by atoms with Gasteiger partial charge >= 0.3 is 5.97 Å². The molecule has 1 aromatic carbocycles. The van der Waals surface area contributed by atoms with Crippen LogP contribution in [0.25, 0.3) is 0 Å². The zero-order valence-electron chi connectivity index (χ0n) is 10.6. The predicted octanol–water partition coefficient (Wildman–Crippen LogP) is 1.40. The van der Waals surface area contributed by atoms with Gasteiger partial charge in [0, 0.05) is 13.0 Å². The number of aromatic hydroxyl groups is 1. The molecule has 0 aromatic heterocycles. The van der Waals surface area contributed by atoms with Gasteiger partial charge in [0.1, 0.15) is 11.8 Å². The van der Waals surface area contributed by atoms with Crippen LogP contribution in [0.5, 0.6) is 5.75 Å². The van der Waals surface area contributed by atoms with Crippen molar-refractivity contribution in [3.05, 3.63) is 29.8 Å². The number of hydrogen-bond acceptors (Lipinski definition) is 3. The molecule has 5 heteroatoms. The topological polar surface area (TPSA) is 77.8 Å². The van der Waals surface area contributed by atoms with Gasteiger partial charge in [-0.1, -0.05) is 18.2 Å². The molecule has 0 bridgehead atoms. The minimum absolute atomic E-state index is 0.159. The molecule has 1 heterocycles. The summed E-state index contributed by atoms with van der Waals surface area (Å²) in [6.07, 6.45) is 1.91. The van der Waals surface area contributed by atoms with Gasteiger partial charge in [-0.2, -0.15) is 0 Å². The SMILES string of the molecule is O=C(O)C1CCCN1C(=O)CCc1ccccc1O. The number of carboxylic acid groups (broad SMARTS) is 1. The van der Waals surface area contributed by atoms with Crippen molar-refractivity contribution in [3.8, 4) is 5.75 Å². The monoisotopic (exact) mass is 263 g/mol. The molecule has 2 rings (SSSR count). The van der Waals surface area contributed by atoms with E-state index < -0.39 is 12.0 Å². The molecule has 0 aliphatic carbocycles. The third-order valence-electron chi connectivity index (χ3n) is 3.46. The number of phenolic OH excluding ortho intramolecular Hbond substituents is 1. The van der Waals surface area contributed by atoms with E-state index in [1.807, 2.05) is 0 Å². The van der Waals surface area contributed by atoms with Gasteiger partial charge in [-0.3, -0.25) is 4.79 Å². The van der Waals surface area contributed by atoms with Crippen LogP contribution in [0.1, 0.15) is 24.8 Å². The highest BCUT2D eigenvalue weighted by molar-refractivity contribution is 5.84. The van der Waals surface area contributed by atoms with E-state index in [0.717, 1.165) is 6.42 Å². The highest BCUT2D eigenvalue weighted by Gasteiger charge is 2.33. The number of amides is 1. The first-order valence-corrected chi connectivity index (χ1v) is 6.38. The van der Waals surface area contributed by atoms with E-state index in [4.69, 9.17) is 5.11 Å². The Hall–Kier alpha value is -2.04. The highest BCUT2D eigenvalue weighted by Crippen LogP contribution is 2.21. The van der Waals surface area contributed by atoms with Gasteiger partial charge in [0.2, 0.25) is 5.91 Å². The van der Waals surface area contributed by atoms with Crippen molar-refractivity contribution < 1.29 is 19.8 Å². The number of aliphatic carboxylic acids is 1. The summed E-state index contributed by atoms with van der Waals surface area (Å²) < 4.78 is 0. The first-order chi connectivity index (χ1) is 9.09. The maximum Gasteiger partial charge on any atom is 0.326 e. The van der Waals surface area contributed by atoms with Gasteiger partial charge in [0.05, 0.1) is 0 Å². The molecular formula is C14H17NO4. The molecule has 2 N–H and O–H groups in total. The second kappa shape index (κ2) is 5.73. The van der Waals surface area contributed by atoms with Crippen LogP contribution in [0.3, 0.4) is 0 Å². The molecule has 1 unspecified atom stereocenters. The predicted molar refractivity (Wildman–Crippen MR) is 68.8 cm³/mol. The van der Waals surface area contributed by atoms with Crippen LogP contribution in [0.15, 0.2) is 24.3 Å². The summed E-state index contributed by atoms with van der Waals surface area (Å²) in [6.45, 7) is 0.510. The van der Waals surface area contributed by atoms with Crippen molar-refractivity contribution in [3.63, 3.8) is 0 Å². The number of carbonyl (C=O) groups is 2. The number of phenols is 1. The van der Waals surface area contributed by atoms with E-state index in [1.165, 1.54) is 4.90 Å². The second-order valence-corrected chi connectivity index (χ2v) is 4.71. The lowest BCUT2D eigenvalue weighted by Gasteiger charge is -2.21. The lowest BCUT2D eigenvalue weighted by atomic mass is 10.1. The number of carboxylic acids is 1. The summed E-state index contributed by atoms with van der Waals surface area (Å²) in [4.78, 5) is 24.5. The van der Waals surface area contributed by atoms with E-state index >= 15 is 0 Å². The van der Waals surface area contributed by atoms with Crippen molar-refractivity contribution in [1.29, 1.82) is 0 Å². The summed E-state index contributed by atoms with van der Waals surface area (Å²) in [5, 5.41) is 18.6. The molecule has 1 aliphatic rings. The molecule has 5 nitrogen and oxygen atoms in total. The van der Waals surface area contributed by atoms with E-state index in [2.05, 4.69) is 0 Å². The third-order valence-corrected chi connectivity index (χ3v) is 3.46. The van der Waals surface area contributed by atoms with Crippen LogP contribution >= 0.6 is 0 Å². The summed E-state index contributed by atoms with van der Waals surface area (Å²) in [7, 11) is 0. The van der Waals surface area contributed by atoms with Gasteiger partial charge in [-0.05, 0) is 30.9 Å². The average Bonchev–Trinajstić information content (AvgIpc) is 2.87. The van der Waals surface area contributed by atoms with Gasteiger partial charge in [0.15, 0.2) is 0 Å². The van der Waals surface area contributed by atoms with Crippen molar-refractivity contribution in [2.45, 2.75) is 31.7 Å². The third kappa shape index (κ3) is 3.05. The Morgan fingerprint density at radius 2 is 2.05 bits per heavy atom. The molecule has 1 amide bonds. The number of carbonyl (C=O) groups excluding carboxylic acids is 1. The quantitative estimate of drug-likeness (QED) is 0.860. The largest absolute Gasteiger partial charge is 0.508 e. The van der Waals surface area contributed by atoms with Crippen LogP contribution in [0.2, 0.25) is 0 Å². The fraction of sp³-hybridized carbons (Fsp3) is 0.429. The molecule has 1 atom stereocenters. The molecule has 1 aliphatic heterocycles. The zero-order chi connectivity index (χ0) is 13.8. The molecule has 1 fully saturated rings. The van der Waals surface area contributed by atoms with Crippen molar-refractivity contribution in [2.75, 3.05) is 6.54 Å². The molecular weight excluding hydrogens is 246 g/mol. The Balaban J connectivity index is 1.95. The van der Waals surface area contributed by atoms with E-state index in [9.17, 15) is 14.7 Å². The van der Waals surface area contributed by atoms with Crippen LogP contribution in [-0.2, 0) is 16.0 Å². The fourth-order valence-electron chi connectivity index (χ4n) is 2.43. The molecule has 1 aromatic rings. The van der Waals surface area contributed by atoms with Crippen LogP contribution < -0.4 is 0 Å². The number of para-hydroxylation sites is 1. The number of benzene rings is 1. The fourth-order valence-corrected chi connectivity index (χ4v) is 2.43. The Bertz CT molecular complexity index is 486. The normalized spacial score (nSPS) is 18.5. The summed E-state index contributed by atoms with van der Waals surface area (Å²) >= 11 is 0. The second-order valence-electron chi connectivity index (χ2n) is 4.71. The first-order valence-electron chi connectivity index (χ1n) is 6.38. The number of nitrogens with zero attached hydrogens (tertiary/aromatic N) is 1. The molecule has 0 radical (unpaired) electrons. The Morgan fingerprint density at radius 3 is 2.74 bits per heavy atom. The molecule has 1 saturated heterocycles. The minimum Gasteiger partial charge on any atom is -0.508 e. The van der Waals surface area contributed by atoms with Gasteiger partial charge in [-0.25, -0.2) is 4.79 Å². The maximum atomic E-state index is 12.0. The van der Waals surface area contributed by atoms with Gasteiger partial charge in [0.25, 0.3) is 0 Å². The van der Waals surface area contributed by atoms with E-state index in [1.54, 1.807) is 24.3 Å².